The van der Waals surface area contributed by atoms with Crippen molar-refractivity contribution < 1.29 is 9.53 Å². The molecule has 0 fully saturated rings. The molecule has 0 aromatic heterocycles. The Morgan fingerprint density at radius 1 is 1.14 bits per heavy atom. The molecule has 4 heteroatoms. The molecule has 4 nitrogen and oxygen atoms in total. The maximum absolute atomic E-state index is 12.1. The molecular weight excluding hydrogens is 276 g/mol. The molecule has 1 N–H and O–H groups in total. The molecule has 0 spiro atoms. The summed E-state index contributed by atoms with van der Waals surface area (Å²) in [6.45, 7) is 0. The van der Waals surface area contributed by atoms with Gasteiger partial charge >= 0.3 is 0 Å². The fraction of sp³-hybridized carbons (Fsp3) is 0.222. The van der Waals surface area contributed by atoms with Gasteiger partial charge in [0.1, 0.15) is 11.8 Å². The first-order valence-electron chi connectivity index (χ1n) is 7.23. The van der Waals surface area contributed by atoms with Crippen LogP contribution in [0.2, 0.25) is 0 Å². The van der Waals surface area contributed by atoms with Gasteiger partial charge in [0.15, 0.2) is 0 Å². The number of rotatable bonds is 4. The molecule has 2 aromatic rings. The van der Waals surface area contributed by atoms with Gasteiger partial charge in [-0.1, -0.05) is 42.5 Å². The second-order valence-electron chi connectivity index (χ2n) is 5.19. The van der Waals surface area contributed by atoms with Gasteiger partial charge < -0.3 is 10.1 Å². The Hall–Kier alpha value is -2.62. The number of nitrogens with one attached hydrogen (secondary N) is 1. The average Bonchev–Trinajstić information content (AvgIpc) is 2.55. The van der Waals surface area contributed by atoms with Crippen LogP contribution in [0.1, 0.15) is 17.0 Å². The topological polar surface area (TPSA) is 50.7 Å². The maximum Gasteiger partial charge on any atom is 0.245 e. The van der Waals surface area contributed by atoms with Crippen molar-refractivity contribution in [2.24, 2.45) is 4.99 Å². The van der Waals surface area contributed by atoms with E-state index < -0.39 is 0 Å². The Balaban J connectivity index is 2.01. The summed E-state index contributed by atoms with van der Waals surface area (Å²) in [6, 6.07) is 17.4. The fourth-order valence-corrected chi connectivity index (χ4v) is 2.77. The lowest BCUT2D eigenvalue weighted by Gasteiger charge is -2.34. The summed E-state index contributed by atoms with van der Waals surface area (Å²) >= 11 is 0. The summed E-state index contributed by atoms with van der Waals surface area (Å²) in [5, 5.41) is 2.69. The molecule has 0 unspecified atom stereocenters. The standard InChI is InChI=1S/C18H18N2O2/c1-19-18(21)17-15(13-9-6-10-14(11-13)22-2)16(20-17)12-7-4-3-5-8-12/h3-11,15,17H,1-2H3,(H,19,21)/t15-,17-/m0/s1. The molecule has 0 bridgehead atoms. The van der Waals surface area contributed by atoms with Gasteiger partial charge in [-0.2, -0.15) is 0 Å². The second kappa shape index (κ2) is 6.02. The zero-order chi connectivity index (χ0) is 15.5. The molecule has 22 heavy (non-hydrogen) atoms. The van der Waals surface area contributed by atoms with Crippen molar-refractivity contribution >= 4 is 11.6 Å². The third-order valence-corrected chi connectivity index (χ3v) is 3.93. The van der Waals surface area contributed by atoms with E-state index in [-0.39, 0.29) is 17.9 Å². The fourth-order valence-electron chi connectivity index (χ4n) is 2.77. The Labute approximate surface area is 129 Å². The minimum absolute atomic E-state index is 0.0440. The van der Waals surface area contributed by atoms with E-state index in [1.807, 2.05) is 54.6 Å². The molecule has 1 aliphatic rings. The lowest BCUT2D eigenvalue weighted by molar-refractivity contribution is -0.122. The number of hydrogen-bond acceptors (Lipinski definition) is 3. The minimum atomic E-state index is -0.382. The third-order valence-electron chi connectivity index (χ3n) is 3.93. The minimum Gasteiger partial charge on any atom is -0.497 e. The van der Waals surface area contributed by atoms with Crippen LogP contribution in [0.4, 0.5) is 0 Å². The largest absolute Gasteiger partial charge is 0.497 e. The first kappa shape index (κ1) is 14.3. The Morgan fingerprint density at radius 2 is 1.91 bits per heavy atom. The van der Waals surface area contributed by atoms with E-state index in [4.69, 9.17) is 4.74 Å². The SMILES string of the molecule is CNC(=O)[C@H]1N=C(c2ccccc2)[C@@H]1c1cccc(OC)c1. The van der Waals surface area contributed by atoms with E-state index in [2.05, 4.69) is 10.3 Å². The summed E-state index contributed by atoms with van der Waals surface area (Å²) in [5.74, 6) is 0.678. The molecule has 0 aliphatic carbocycles. The molecule has 1 amide bonds. The molecule has 0 saturated carbocycles. The predicted molar refractivity (Wildman–Crippen MR) is 86.6 cm³/mol. The monoisotopic (exact) mass is 294 g/mol. The van der Waals surface area contributed by atoms with Gasteiger partial charge in [0.25, 0.3) is 0 Å². The number of nitrogens with zero attached hydrogens (tertiary/aromatic N) is 1. The molecule has 3 rings (SSSR count). The van der Waals surface area contributed by atoms with E-state index in [0.29, 0.717) is 0 Å². The second-order valence-corrected chi connectivity index (χ2v) is 5.19. The third kappa shape index (κ3) is 2.48. The quantitative estimate of drug-likeness (QED) is 0.941. The highest BCUT2D eigenvalue weighted by molar-refractivity contribution is 6.13. The van der Waals surface area contributed by atoms with Crippen LogP contribution in [-0.2, 0) is 4.79 Å². The molecule has 1 heterocycles. The predicted octanol–water partition coefficient (Wildman–Crippen LogP) is 2.40. The highest BCUT2D eigenvalue weighted by Crippen LogP contribution is 2.36. The molecule has 0 saturated heterocycles. The molecule has 2 atom stereocenters. The van der Waals surface area contributed by atoms with Gasteiger partial charge in [0.2, 0.25) is 5.91 Å². The van der Waals surface area contributed by atoms with E-state index in [1.165, 1.54) is 0 Å². The smallest absolute Gasteiger partial charge is 0.245 e. The molecule has 112 valence electrons. The molecule has 2 aromatic carbocycles. The van der Waals surface area contributed by atoms with Crippen LogP contribution in [-0.4, -0.2) is 31.8 Å². The maximum atomic E-state index is 12.1. The van der Waals surface area contributed by atoms with E-state index >= 15 is 0 Å². The van der Waals surface area contributed by atoms with Crippen LogP contribution in [0.15, 0.2) is 59.6 Å². The van der Waals surface area contributed by atoms with Crippen molar-refractivity contribution in [1.82, 2.24) is 5.32 Å². The van der Waals surface area contributed by atoms with Crippen molar-refractivity contribution in [2.75, 3.05) is 14.2 Å². The van der Waals surface area contributed by atoms with Gasteiger partial charge in [-0.15, -0.1) is 0 Å². The number of ether oxygens (including phenoxy) is 1. The summed E-state index contributed by atoms with van der Waals surface area (Å²) in [4.78, 5) is 16.6. The highest BCUT2D eigenvalue weighted by Gasteiger charge is 2.41. The first-order chi connectivity index (χ1) is 10.7. The Morgan fingerprint density at radius 3 is 2.59 bits per heavy atom. The average molecular weight is 294 g/mol. The summed E-state index contributed by atoms with van der Waals surface area (Å²) in [7, 11) is 3.28. The van der Waals surface area contributed by atoms with Crippen LogP contribution in [0, 0.1) is 0 Å². The normalized spacial score (nSPS) is 19.8. The number of aliphatic imine (C=N–C) groups is 1. The lowest BCUT2D eigenvalue weighted by Crippen LogP contribution is -2.46. The zero-order valence-electron chi connectivity index (χ0n) is 12.6. The summed E-state index contributed by atoms with van der Waals surface area (Å²) < 4.78 is 5.30. The number of hydrogen-bond donors (Lipinski definition) is 1. The first-order valence-corrected chi connectivity index (χ1v) is 7.23. The lowest BCUT2D eigenvalue weighted by atomic mass is 9.78. The molecular formula is C18H18N2O2. The van der Waals surface area contributed by atoms with E-state index in [9.17, 15) is 4.79 Å². The molecule has 0 radical (unpaired) electrons. The number of likely N-dealkylation sites (N-methyl/N-ethyl adjacent to an activating group) is 1. The highest BCUT2D eigenvalue weighted by atomic mass is 16.5. The van der Waals surface area contributed by atoms with Crippen molar-refractivity contribution in [3.05, 3.63) is 65.7 Å². The van der Waals surface area contributed by atoms with Crippen LogP contribution < -0.4 is 10.1 Å². The van der Waals surface area contributed by atoms with E-state index in [0.717, 1.165) is 22.6 Å². The van der Waals surface area contributed by atoms with Gasteiger partial charge in [-0.3, -0.25) is 9.79 Å². The number of methoxy groups -OCH3 is 1. The number of carbonyl (C=O) groups excluding carboxylic acids is 1. The summed E-state index contributed by atoms with van der Waals surface area (Å²) in [6.07, 6.45) is 0. The number of amides is 1. The Bertz CT molecular complexity index is 710. The van der Waals surface area contributed by atoms with Gasteiger partial charge in [0, 0.05) is 7.05 Å². The van der Waals surface area contributed by atoms with Crippen LogP contribution in [0.25, 0.3) is 0 Å². The van der Waals surface area contributed by atoms with Gasteiger partial charge in [0.05, 0.1) is 18.7 Å². The number of carbonyl (C=O) groups is 1. The van der Waals surface area contributed by atoms with Gasteiger partial charge in [-0.25, -0.2) is 0 Å². The van der Waals surface area contributed by atoms with Crippen molar-refractivity contribution in [3.8, 4) is 5.75 Å². The number of benzene rings is 2. The van der Waals surface area contributed by atoms with Crippen LogP contribution in [0.5, 0.6) is 5.75 Å². The van der Waals surface area contributed by atoms with Crippen LogP contribution in [0.3, 0.4) is 0 Å². The van der Waals surface area contributed by atoms with Gasteiger partial charge in [-0.05, 0) is 23.3 Å². The zero-order valence-corrected chi connectivity index (χ0v) is 12.6. The molecule has 1 aliphatic heterocycles. The van der Waals surface area contributed by atoms with E-state index in [1.54, 1.807) is 14.2 Å². The summed E-state index contributed by atoms with van der Waals surface area (Å²) in [5.41, 5.74) is 3.04. The van der Waals surface area contributed by atoms with Crippen molar-refractivity contribution in [1.29, 1.82) is 0 Å². The van der Waals surface area contributed by atoms with Crippen LogP contribution >= 0.6 is 0 Å². The van der Waals surface area contributed by atoms with Crippen molar-refractivity contribution in [2.45, 2.75) is 12.0 Å². The van der Waals surface area contributed by atoms with Crippen molar-refractivity contribution in [3.63, 3.8) is 0 Å². The Kier molecular flexibility index (Phi) is 3.92.